The first-order chi connectivity index (χ1) is 9.51. The molecular formula is C15H24N4O. The number of urea groups is 1. The molecule has 3 N–H and O–H groups in total. The topological polar surface area (TPSA) is 61.6 Å². The van der Waals surface area contributed by atoms with Gasteiger partial charge in [-0.15, -0.1) is 0 Å². The lowest BCUT2D eigenvalue weighted by atomic mass is 10.1. The van der Waals surface area contributed by atoms with E-state index in [9.17, 15) is 4.79 Å². The first-order valence-corrected chi connectivity index (χ1v) is 7.08. The molecule has 2 rings (SSSR count). The van der Waals surface area contributed by atoms with E-state index in [1.54, 1.807) is 0 Å². The van der Waals surface area contributed by atoms with Crippen LogP contribution < -0.4 is 11.1 Å². The van der Waals surface area contributed by atoms with Crippen molar-refractivity contribution in [3.63, 3.8) is 0 Å². The number of amides is 2. The molecule has 2 atom stereocenters. The quantitative estimate of drug-likeness (QED) is 0.864. The van der Waals surface area contributed by atoms with Gasteiger partial charge in [0.25, 0.3) is 0 Å². The molecule has 2 amide bonds. The minimum absolute atomic E-state index is 0.0303. The summed E-state index contributed by atoms with van der Waals surface area (Å²) in [4.78, 5) is 16.5. The molecule has 1 heterocycles. The van der Waals surface area contributed by atoms with Gasteiger partial charge in [0.2, 0.25) is 0 Å². The van der Waals surface area contributed by atoms with Crippen molar-refractivity contribution in [1.82, 2.24) is 9.80 Å². The van der Waals surface area contributed by atoms with Crippen LogP contribution in [0.2, 0.25) is 0 Å². The van der Waals surface area contributed by atoms with Gasteiger partial charge in [-0.25, -0.2) is 4.79 Å². The van der Waals surface area contributed by atoms with Gasteiger partial charge < -0.3 is 16.0 Å². The predicted molar refractivity (Wildman–Crippen MR) is 81.6 cm³/mol. The summed E-state index contributed by atoms with van der Waals surface area (Å²) in [7, 11) is 2.11. The maximum Gasteiger partial charge on any atom is 0.321 e. The molecule has 20 heavy (non-hydrogen) atoms. The van der Waals surface area contributed by atoms with Crippen LogP contribution in [0, 0.1) is 0 Å². The van der Waals surface area contributed by atoms with Crippen LogP contribution in [0.5, 0.6) is 0 Å². The number of benzene rings is 1. The monoisotopic (exact) mass is 276 g/mol. The summed E-state index contributed by atoms with van der Waals surface area (Å²) in [5, 5.41) is 2.95. The Morgan fingerprint density at radius 2 is 1.80 bits per heavy atom. The largest absolute Gasteiger partial charge is 0.326 e. The van der Waals surface area contributed by atoms with Crippen molar-refractivity contribution < 1.29 is 4.79 Å². The zero-order valence-corrected chi connectivity index (χ0v) is 12.5. The summed E-state index contributed by atoms with van der Waals surface area (Å²) in [6, 6.07) is 8.38. The number of anilines is 1. The maximum absolute atomic E-state index is 12.3. The molecule has 0 saturated carbocycles. The molecule has 1 aromatic rings. The third-order valence-electron chi connectivity index (χ3n) is 4.09. The highest BCUT2D eigenvalue weighted by Crippen LogP contribution is 2.15. The van der Waals surface area contributed by atoms with Crippen molar-refractivity contribution >= 4 is 11.7 Å². The van der Waals surface area contributed by atoms with E-state index in [-0.39, 0.29) is 6.03 Å². The maximum atomic E-state index is 12.3. The molecule has 110 valence electrons. The van der Waals surface area contributed by atoms with Crippen LogP contribution in [0.25, 0.3) is 0 Å². The van der Waals surface area contributed by atoms with E-state index in [1.165, 1.54) is 0 Å². The average molecular weight is 276 g/mol. The molecule has 0 aliphatic carbocycles. The van der Waals surface area contributed by atoms with Crippen LogP contribution in [0.1, 0.15) is 19.4 Å². The van der Waals surface area contributed by atoms with E-state index in [1.807, 2.05) is 29.2 Å². The minimum atomic E-state index is -0.0303. The highest BCUT2D eigenvalue weighted by molar-refractivity contribution is 5.89. The second kappa shape index (κ2) is 6.24. The van der Waals surface area contributed by atoms with Crippen molar-refractivity contribution in [2.24, 2.45) is 5.73 Å². The highest BCUT2D eigenvalue weighted by atomic mass is 16.2. The Bertz CT molecular complexity index is 447. The zero-order chi connectivity index (χ0) is 14.7. The summed E-state index contributed by atoms with van der Waals surface area (Å²) < 4.78 is 0. The molecule has 1 aromatic carbocycles. The summed E-state index contributed by atoms with van der Waals surface area (Å²) in [6.07, 6.45) is 0. The van der Waals surface area contributed by atoms with Gasteiger partial charge in [-0.2, -0.15) is 0 Å². The summed E-state index contributed by atoms with van der Waals surface area (Å²) in [5.41, 5.74) is 7.43. The Labute approximate surface area is 120 Å². The lowest BCUT2D eigenvalue weighted by molar-refractivity contribution is 0.0816. The molecule has 1 aliphatic rings. The lowest BCUT2D eigenvalue weighted by Crippen LogP contribution is -2.57. The van der Waals surface area contributed by atoms with Crippen molar-refractivity contribution in [3.05, 3.63) is 29.8 Å². The predicted octanol–water partition coefficient (Wildman–Crippen LogP) is 1.70. The SMILES string of the molecule is CC1CN(C(=O)Nc2ccc(CN)cc2)CC(C)N1C. The number of piperazine rings is 1. The molecule has 0 radical (unpaired) electrons. The van der Waals surface area contributed by atoms with Gasteiger partial charge in [0.1, 0.15) is 0 Å². The fraction of sp³-hybridized carbons (Fsp3) is 0.533. The number of nitrogens with zero attached hydrogens (tertiary/aromatic N) is 2. The third kappa shape index (κ3) is 3.29. The standard InChI is InChI=1S/C15H24N4O/c1-11-9-19(10-12(2)18(11)3)15(20)17-14-6-4-13(8-16)5-7-14/h4-7,11-12H,8-10,16H2,1-3H3,(H,17,20). The molecule has 1 fully saturated rings. The fourth-order valence-corrected chi connectivity index (χ4v) is 2.50. The Morgan fingerprint density at radius 3 is 2.30 bits per heavy atom. The molecule has 0 aromatic heterocycles. The van der Waals surface area contributed by atoms with Gasteiger partial charge >= 0.3 is 6.03 Å². The van der Waals surface area contributed by atoms with Gasteiger partial charge in [0, 0.05) is 37.4 Å². The van der Waals surface area contributed by atoms with E-state index >= 15 is 0 Å². The molecule has 0 bridgehead atoms. The molecule has 5 heteroatoms. The van der Waals surface area contributed by atoms with Crippen molar-refractivity contribution in [2.45, 2.75) is 32.5 Å². The summed E-state index contributed by atoms with van der Waals surface area (Å²) in [5.74, 6) is 0. The number of nitrogens with one attached hydrogen (secondary N) is 1. The first-order valence-electron chi connectivity index (χ1n) is 7.08. The second-order valence-electron chi connectivity index (χ2n) is 5.60. The number of hydrogen-bond acceptors (Lipinski definition) is 3. The molecule has 1 saturated heterocycles. The minimum Gasteiger partial charge on any atom is -0.326 e. The third-order valence-corrected chi connectivity index (χ3v) is 4.09. The molecule has 0 spiro atoms. The summed E-state index contributed by atoms with van der Waals surface area (Å²) >= 11 is 0. The summed E-state index contributed by atoms with van der Waals surface area (Å²) in [6.45, 7) is 6.32. The van der Waals surface area contributed by atoms with Gasteiger partial charge in [-0.3, -0.25) is 4.90 Å². The van der Waals surface area contributed by atoms with Gasteiger partial charge in [-0.05, 0) is 38.6 Å². The number of likely N-dealkylation sites (N-methyl/N-ethyl adjacent to an activating group) is 1. The van der Waals surface area contributed by atoms with E-state index in [0.717, 1.165) is 24.3 Å². The van der Waals surface area contributed by atoms with Crippen LogP contribution >= 0.6 is 0 Å². The van der Waals surface area contributed by atoms with Crippen LogP contribution in [0.4, 0.5) is 10.5 Å². The Balaban J connectivity index is 1.97. The molecule has 2 unspecified atom stereocenters. The normalized spacial score (nSPS) is 23.7. The average Bonchev–Trinajstić information content (AvgIpc) is 2.45. The number of carbonyl (C=O) groups excluding carboxylic acids is 1. The zero-order valence-electron chi connectivity index (χ0n) is 12.5. The number of hydrogen-bond donors (Lipinski definition) is 2. The Kier molecular flexibility index (Phi) is 4.62. The lowest BCUT2D eigenvalue weighted by Gasteiger charge is -2.42. The van der Waals surface area contributed by atoms with Crippen LogP contribution in [0.15, 0.2) is 24.3 Å². The number of carbonyl (C=O) groups is 1. The molecule has 1 aliphatic heterocycles. The molecular weight excluding hydrogens is 252 g/mol. The highest BCUT2D eigenvalue weighted by Gasteiger charge is 2.29. The van der Waals surface area contributed by atoms with Gasteiger partial charge in [-0.1, -0.05) is 12.1 Å². The Morgan fingerprint density at radius 1 is 1.25 bits per heavy atom. The Hall–Kier alpha value is -1.59. The van der Waals surface area contributed by atoms with Crippen molar-refractivity contribution in [1.29, 1.82) is 0 Å². The molecule has 5 nitrogen and oxygen atoms in total. The van der Waals surface area contributed by atoms with E-state index in [4.69, 9.17) is 5.73 Å². The van der Waals surface area contributed by atoms with Gasteiger partial charge in [0.05, 0.1) is 0 Å². The van der Waals surface area contributed by atoms with Crippen molar-refractivity contribution in [2.75, 3.05) is 25.5 Å². The fourth-order valence-electron chi connectivity index (χ4n) is 2.50. The first kappa shape index (κ1) is 14.8. The van der Waals surface area contributed by atoms with Gasteiger partial charge in [0.15, 0.2) is 0 Å². The van der Waals surface area contributed by atoms with E-state index in [2.05, 4.69) is 31.1 Å². The van der Waals surface area contributed by atoms with Crippen molar-refractivity contribution in [3.8, 4) is 0 Å². The van der Waals surface area contributed by atoms with E-state index < -0.39 is 0 Å². The van der Waals surface area contributed by atoms with Crippen LogP contribution in [-0.4, -0.2) is 48.1 Å². The van der Waals surface area contributed by atoms with E-state index in [0.29, 0.717) is 18.6 Å². The van der Waals surface area contributed by atoms with Crippen LogP contribution in [-0.2, 0) is 6.54 Å². The van der Waals surface area contributed by atoms with Crippen LogP contribution in [0.3, 0.4) is 0 Å². The number of nitrogens with two attached hydrogens (primary N) is 1. The second-order valence-corrected chi connectivity index (χ2v) is 5.60. The smallest absolute Gasteiger partial charge is 0.321 e. The number of rotatable bonds is 2.